The average Bonchev–Trinajstić information content (AvgIpc) is 4.00. The van der Waals surface area contributed by atoms with E-state index in [4.69, 9.17) is 29.9 Å². The Morgan fingerprint density at radius 1 is 0.338 bits per heavy atom. The summed E-state index contributed by atoms with van der Waals surface area (Å²) in [4.78, 5) is 31.1. The number of hydrogen-bond donors (Lipinski definition) is 0. The van der Waals surface area contributed by atoms with Crippen LogP contribution in [0.4, 0.5) is 0 Å². The third-order valence-electron chi connectivity index (χ3n) is 14.3. The molecule has 0 N–H and O–H groups in total. The van der Waals surface area contributed by atoms with Crippen molar-refractivity contribution in [3.05, 3.63) is 182 Å². The summed E-state index contributed by atoms with van der Waals surface area (Å²) in [6.07, 6.45) is 6.13. The molecule has 0 radical (unpaired) electrons. The third kappa shape index (κ3) is 7.09. The molecule has 0 atom stereocenters. The second kappa shape index (κ2) is 15.8. The molecule has 12 rings (SSSR count). The minimum absolute atomic E-state index is 0.230. The van der Waals surface area contributed by atoms with Crippen molar-refractivity contribution in [3.63, 3.8) is 0 Å². The molecule has 0 amide bonds. The summed E-state index contributed by atoms with van der Waals surface area (Å²) in [7, 11) is -2.97. The van der Waals surface area contributed by atoms with Crippen LogP contribution in [0.1, 0.15) is 79.8 Å². The second-order valence-electron chi connectivity index (χ2n) is 22.4. The van der Waals surface area contributed by atoms with Gasteiger partial charge in [-0.2, -0.15) is 0 Å². The van der Waals surface area contributed by atoms with Crippen LogP contribution in [0.2, 0.25) is 6.55 Å². The summed E-state index contributed by atoms with van der Waals surface area (Å²) in [5.74, 6) is 2.44. The number of rotatable bonds is 6. The Kier molecular flexibility index (Phi) is 9.91. The molecule has 0 unspecified atom stereocenters. The van der Waals surface area contributed by atoms with E-state index in [1.165, 1.54) is 15.6 Å². The fourth-order valence-corrected chi connectivity index (χ4v) is 14.0. The molecular formula is C61H57N9Si. The average molecular weight is 944 g/mol. The van der Waals surface area contributed by atoms with Crippen molar-refractivity contribution in [1.82, 2.24) is 43.6 Å². The Labute approximate surface area is 415 Å². The van der Waals surface area contributed by atoms with Gasteiger partial charge >= 0.3 is 0 Å². The highest BCUT2D eigenvalue weighted by molar-refractivity contribution is 7.11. The lowest BCUT2D eigenvalue weighted by Crippen LogP contribution is -2.64. The first-order chi connectivity index (χ1) is 34.0. The molecular weight excluding hydrogens is 887 g/mol. The monoisotopic (exact) mass is 943 g/mol. The summed E-state index contributed by atoms with van der Waals surface area (Å²) in [6, 6.07) is 53.1. The van der Waals surface area contributed by atoms with Crippen LogP contribution < -0.4 is 15.6 Å². The van der Waals surface area contributed by atoms with Crippen molar-refractivity contribution >= 4 is 89.4 Å². The SMILES string of the molecule is CC(C)(C)c1ncc2c3cc([Si](C)(c4ccc5c(c4)c4cnc(C(C)(C)C)nc4n5-c4ccccc4)c4ccc5c(c4)c4cnc(C(C)(C)C)nc4n5-c4ccccc4)ccc3n(-c3ccccc3)c2n1. The highest BCUT2D eigenvalue weighted by atomic mass is 28.3. The third-order valence-corrected chi connectivity index (χ3v) is 18.7. The topological polar surface area (TPSA) is 92.1 Å². The highest BCUT2D eigenvalue weighted by Gasteiger charge is 2.37. The van der Waals surface area contributed by atoms with E-state index >= 15 is 0 Å². The quantitative estimate of drug-likeness (QED) is 0.122. The molecule has 71 heavy (non-hydrogen) atoms. The maximum atomic E-state index is 5.33. The number of aromatic nitrogens is 9. The molecule has 350 valence electrons. The first-order valence-corrected chi connectivity index (χ1v) is 27.1. The van der Waals surface area contributed by atoms with Crippen molar-refractivity contribution in [1.29, 1.82) is 0 Å². The predicted molar refractivity (Wildman–Crippen MR) is 296 cm³/mol. The fraction of sp³-hybridized carbons (Fsp3) is 0.213. The van der Waals surface area contributed by atoms with Crippen molar-refractivity contribution in [2.45, 2.75) is 85.1 Å². The van der Waals surface area contributed by atoms with Crippen molar-refractivity contribution in [2.75, 3.05) is 0 Å². The van der Waals surface area contributed by atoms with E-state index < -0.39 is 8.07 Å². The fourth-order valence-electron chi connectivity index (χ4n) is 10.4. The van der Waals surface area contributed by atoms with Gasteiger partial charge < -0.3 is 0 Å². The lowest BCUT2D eigenvalue weighted by molar-refractivity contribution is 0.547. The lowest BCUT2D eigenvalue weighted by atomic mass is 9.96. The van der Waals surface area contributed by atoms with E-state index in [-0.39, 0.29) is 16.2 Å². The second-order valence-corrected chi connectivity index (χ2v) is 26.4. The van der Waals surface area contributed by atoms with Gasteiger partial charge in [0.25, 0.3) is 0 Å². The number of fused-ring (bicyclic) bond motifs is 9. The summed E-state index contributed by atoms with van der Waals surface area (Å²) in [5.41, 5.74) is 8.48. The molecule has 0 saturated heterocycles. The molecule has 12 aromatic rings. The zero-order valence-electron chi connectivity index (χ0n) is 42.1. The molecule has 0 aliphatic heterocycles. The standard InChI is InChI=1S/C61H57N9Si/c1-59(2,3)56-62-35-47-44-32-41(26-29-50(44)68(53(47)65-56)38-20-14-11-15-21-38)71(10,42-27-30-51-45(33-42)48-36-63-57(60(4,5)6)66-54(48)69(51)39-22-16-12-17-23-39)43-28-31-52-46(34-43)49-37-64-58(61(7,8)9)67-55(49)70(52)40-24-18-13-19-25-40/h11-37H,1-10H3. The maximum absolute atomic E-state index is 5.33. The number of hydrogen-bond acceptors (Lipinski definition) is 6. The minimum atomic E-state index is -2.97. The van der Waals surface area contributed by atoms with E-state index in [0.717, 1.165) is 100 Å². The van der Waals surface area contributed by atoms with Gasteiger partial charge in [0.1, 0.15) is 42.5 Å². The van der Waals surface area contributed by atoms with Gasteiger partial charge in [-0.15, -0.1) is 0 Å². The molecule has 0 spiro atoms. The molecule has 6 aromatic heterocycles. The van der Waals surface area contributed by atoms with E-state index in [1.54, 1.807) is 0 Å². The van der Waals surface area contributed by atoms with Gasteiger partial charge in [-0.25, -0.2) is 29.9 Å². The van der Waals surface area contributed by atoms with Crippen molar-refractivity contribution in [3.8, 4) is 17.1 Å². The van der Waals surface area contributed by atoms with Gasteiger partial charge in [-0.3, -0.25) is 13.7 Å². The van der Waals surface area contributed by atoms with Crippen LogP contribution in [-0.2, 0) is 16.2 Å². The van der Waals surface area contributed by atoms with Crippen LogP contribution in [0.25, 0.3) is 82.9 Å². The van der Waals surface area contributed by atoms with E-state index in [0.29, 0.717) is 0 Å². The first-order valence-electron chi connectivity index (χ1n) is 24.6. The first kappa shape index (κ1) is 44.4. The Hall–Kier alpha value is -7.82. The lowest BCUT2D eigenvalue weighted by Gasteiger charge is -2.30. The zero-order chi connectivity index (χ0) is 49.2. The van der Waals surface area contributed by atoms with Gasteiger partial charge in [0, 0.05) is 84.2 Å². The molecule has 6 aromatic carbocycles. The summed E-state index contributed by atoms with van der Waals surface area (Å²) < 4.78 is 6.91. The molecule has 0 aliphatic carbocycles. The smallest absolute Gasteiger partial charge is 0.149 e. The number of benzene rings is 6. The van der Waals surface area contributed by atoms with E-state index in [2.05, 4.69) is 228 Å². The normalized spacial score (nSPS) is 12.9. The van der Waals surface area contributed by atoms with Crippen LogP contribution >= 0.6 is 0 Å². The predicted octanol–water partition coefficient (Wildman–Crippen LogP) is 12.3. The van der Waals surface area contributed by atoms with E-state index in [9.17, 15) is 0 Å². The number of para-hydroxylation sites is 3. The Bertz CT molecular complexity index is 3640. The van der Waals surface area contributed by atoms with Crippen LogP contribution in [0.5, 0.6) is 0 Å². The molecule has 0 bridgehead atoms. The van der Waals surface area contributed by atoms with Gasteiger partial charge in [-0.05, 0) is 70.2 Å². The maximum Gasteiger partial charge on any atom is 0.149 e. The molecule has 0 aliphatic rings. The van der Waals surface area contributed by atoms with Crippen molar-refractivity contribution in [2.24, 2.45) is 0 Å². The van der Waals surface area contributed by atoms with E-state index in [1.807, 2.05) is 18.6 Å². The van der Waals surface area contributed by atoms with Gasteiger partial charge in [0.05, 0.1) is 16.6 Å². The molecule has 6 heterocycles. The van der Waals surface area contributed by atoms with Crippen molar-refractivity contribution < 1.29 is 0 Å². The molecule has 10 heteroatoms. The van der Waals surface area contributed by atoms with Gasteiger partial charge in [0.2, 0.25) is 0 Å². The summed E-state index contributed by atoms with van der Waals surface area (Å²) in [5, 5.41) is 10.2. The van der Waals surface area contributed by atoms with Crippen LogP contribution in [0, 0.1) is 0 Å². The molecule has 0 fully saturated rings. The van der Waals surface area contributed by atoms with Crippen LogP contribution in [0.3, 0.4) is 0 Å². The summed E-state index contributed by atoms with van der Waals surface area (Å²) in [6.45, 7) is 22.1. The zero-order valence-corrected chi connectivity index (χ0v) is 43.1. The number of nitrogens with zero attached hydrogens (tertiary/aromatic N) is 9. The Balaban J connectivity index is 1.17. The molecule has 9 nitrogen and oxygen atoms in total. The van der Waals surface area contributed by atoms with Gasteiger partial charge in [0.15, 0.2) is 0 Å². The minimum Gasteiger partial charge on any atom is -0.294 e. The Morgan fingerprint density at radius 3 is 0.859 bits per heavy atom. The highest BCUT2D eigenvalue weighted by Crippen LogP contribution is 2.36. The molecule has 0 saturated carbocycles. The summed E-state index contributed by atoms with van der Waals surface area (Å²) >= 11 is 0. The van der Waals surface area contributed by atoms with Crippen LogP contribution in [0.15, 0.2) is 164 Å². The Morgan fingerprint density at radius 2 is 0.606 bits per heavy atom. The van der Waals surface area contributed by atoms with Gasteiger partial charge in [-0.1, -0.05) is 160 Å². The largest absolute Gasteiger partial charge is 0.294 e. The van der Waals surface area contributed by atoms with Crippen LogP contribution in [-0.4, -0.2) is 51.7 Å².